The molecule has 0 radical (unpaired) electrons. The summed E-state index contributed by atoms with van der Waals surface area (Å²) >= 11 is 0.737. The van der Waals surface area contributed by atoms with Gasteiger partial charge in [-0.25, -0.2) is 9.98 Å². The van der Waals surface area contributed by atoms with Gasteiger partial charge in [-0.05, 0) is 31.0 Å². The van der Waals surface area contributed by atoms with Gasteiger partial charge in [0.05, 0.1) is 17.6 Å². The molecular weight excluding hydrogens is 325 g/mol. The molecule has 122 valence electrons. The number of nitrogens with zero attached hydrogens (tertiary/aromatic N) is 3. The average molecular weight is 340 g/mol. The highest BCUT2D eigenvalue weighted by Crippen LogP contribution is 2.33. The fourth-order valence-corrected chi connectivity index (χ4v) is 2.68. The van der Waals surface area contributed by atoms with E-state index >= 15 is 0 Å². The van der Waals surface area contributed by atoms with Crippen LogP contribution >= 0.6 is 11.8 Å². The predicted molar refractivity (Wildman–Crippen MR) is 85.1 cm³/mol. The lowest BCUT2D eigenvalue weighted by atomic mass is 10.1. The van der Waals surface area contributed by atoms with Gasteiger partial charge in [0.15, 0.2) is 5.84 Å². The van der Waals surface area contributed by atoms with Crippen molar-refractivity contribution in [2.45, 2.75) is 24.9 Å². The van der Waals surface area contributed by atoms with Gasteiger partial charge in [-0.3, -0.25) is 4.98 Å². The van der Waals surface area contributed by atoms with Crippen molar-refractivity contribution in [1.82, 2.24) is 9.97 Å². The van der Waals surface area contributed by atoms with E-state index in [4.69, 9.17) is 5.73 Å². The first kappa shape index (κ1) is 17.3. The lowest BCUT2D eigenvalue weighted by molar-refractivity contribution is -0.105. The van der Waals surface area contributed by atoms with Crippen LogP contribution in [0.15, 0.2) is 40.6 Å². The van der Waals surface area contributed by atoms with E-state index in [1.807, 2.05) is 6.92 Å². The van der Waals surface area contributed by atoms with Crippen LogP contribution in [0.25, 0.3) is 0 Å². The van der Waals surface area contributed by atoms with Gasteiger partial charge in [-0.15, -0.1) is 11.8 Å². The zero-order valence-electron chi connectivity index (χ0n) is 12.6. The lowest BCUT2D eigenvalue weighted by Gasteiger charge is -2.11. The van der Waals surface area contributed by atoms with Crippen molar-refractivity contribution in [2.24, 2.45) is 10.7 Å². The molecule has 0 unspecified atom stereocenters. The molecule has 2 N–H and O–H groups in total. The van der Waals surface area contributed by atoms with Crippen LogP contribution in [0.1, 0.15) is 16.8 Å². The summed E-state index contributed by atoms with van der Waals surface area (Å²) in [6, 6.07) is 3.41. The van der Waals surface area contributed by atoms with Crippen LogP contribution in [0.4, 0.5) is 18.9 Å². The number of benzene rings is 1. The maximum Gasteiger partial charge on any atom is 0.398 e. The SMILES string of the molecule is Cc1cc(C)c(SCC(F)(F)F)cc1N=C(N)c1cnccn1. The van der Waals surface area contributed by atoms with Crippen LogP contribution in [-0.4, -0.2) is 27.7 Å². The fourth-order valence-electron chi connectivity index (χ4n) is 1.88. The smallest absolute Gasteiger partial charge is 0.382 e. The molecule has 4 nitrogen and oxygen atoms in total. The summed E-state index contributed by atoms with van der Waals surface area (Å²) in [6.07, 6.45) is 0.260. The Bertz CT molecular complexity index is 715. The molecule has 0 fully saturated rings. The molecule has 23 heavy (non-hydrogen) atoms. The molecule has 1 aromatic heterocycles. The Morgan fingerprint density at radius 1 is 1.22 bits per heavy atom. The average Bonchev–Trinajstić information content (AvgIpc) is 2.48. The molecule has 0 aliphatic carbocycles. The molecule has 0 amide bonds. The number of hydrogen-bond acceptors (Lipinski definition) is 4. The number of rotatable bonds is 4. The van der Waals surface area contributed by atoms with Crippen molar-refractivity contribution in [3.63, 3.8) is 0 Å². The molecule has 8 heteroatoms. The van der Waals surface area contributed by atoms with Crippen LogP contribution in [0.3, 0.4) is 0 Å². The van der Waals surface area contributed by atoms with Gasteiger partial charge in [-0.1, -0.05) is 6.07 Å². The van der Waals surface area contributed by atoms with Crippen LogP contribution < -0.4 is 5.73 Å². The van der Waals surface area contributed by atoms with Gasteiger partial charge in [0.1, 0.15) is 5.69 Å². The van der Waals surface area contributed by atoms with Crippen LogP contribution in [-0.2, 0) is 0 Å². The van der Waals surface area contributed by atoms with E-state index in [1.165, 1.54) is 18.6 Å². The number of amidine groups is 1. The molecule has 2 rings (SSSR count). The molecule has 1 aromatic carbocycles. The Morgan fingerprint density at radius 2 is 1.96 bits per heavy atom. The van der Waals surface area contributed by atoms with E-state index in [0.29, 0.717) is 16.3 Å². The fraction of sp³-hybridized carbons (Fsp3) is 0.267. The number of aryl methyl sites for hydroxylation is 2. The molecule has 0 saturated heterocycles. The van der Waals surface area contributed by atoms with Gasteiger partial charge in [0.2, 0.25) is 0 Å². The summed E-state index contributed by atoms with van der Waals surface area (Å²) in [7, 11) is 0. The van der Waals surface area contributed by atoms with Crippen molar-refractivity contribution in [3.8, 4) is 0 Å². The summed E-state index contributed by atoms with van der Waals surface area (Å²) in [5.41, 5.74) is 8.42. The van der Waals surface area contributed by atoms with E-state index < -0.39 is 11.9 Å². The van der Waals surface area contributed by atoms with Gasteiger partial charge < -0.3 is 5.73 Å². The molecular formula is C15H15F3N4S. The number of alkyl halides is 3. The van der Waals surface area contributed by atoms with E-state index in [2.05, 4.69) is 15.0 Å². The van der Waals surface area contributed by atoms with E-state index in [-0.39, 0.29) is 5.84 Å². The van der Waals surface area contributed by atoms with Crippen molar-refractivity contribution >= 4 is 23.3 Å². The van der Waals surface area contributed by atoms with Crippen LogP contribution in [0, 0.1) is 13.8 Å². The normalized spacial score (nSPS) is 12.5. The number of halogens is 3. The van der Waals surface area contributed by atoms with E-state index in [0.717, 1.165) is 22.9 Å². The third kappa shape index (κ3) is 4.95. The van der Waals surface area contributed by atoms with Gasteiger partial charge in [0, 0.05) is 17.3 Å². The number of aromatic nitrogens is 2. The molecule has 1 heterocycles. The molecule has 0 aliphatic rings. The summed E-state index contributed by atoms with van der Waals surface area (Å²) in [4.78, 5) is 12.7. The van der Waals surface area contributed by atoms with Crippen molar-refractivity contribution in [1.29, 1.82) is 0 Å². The minimum atomic E-state index is -4.22. The Morgan fingerprint density at radius 3 is 2.57 bits per heavy atom. The van der Waals surface area contributed by atoms with Gasteiger partial charge in [0.25, 0.3) is 0 Å². The molecule has 0 atom stereocenters. The molecule has 0 saturated carbocycles. The zero-order valence-corrected chi connectivity index (χ0v) is 13.4. The quantitative estimate of drug-likeness (QED) is 0.522. The van der Waals surface area contributed by atoms with Crippen LogP contribution in [0.2, 0.25) is 0 Å². The number of hydrogen-bond donors (Lipinski definition) is 1. The summed E-state index contributed by atoms with van der Waals surface area (Å²) in [5, 5.41) is 0. The first-order chi connectivity index (χ1) is 10.8. The van der Waals surface area contributed by atoms with Crippen molar-refractivity contribution in [2.75, 3.05) is 5.75 Å². The van der Waals surface area contributed by atoms with Crippen molar-refractivity contribution < 1.29 is 13.2 Å². The number of aliphatic imine (C=N–C) groups is 1. The summed E-state index contributed by atoms with van der Waals surface area (Å²) in [6.45, 7) is 3.60. The standard InChI is InChI=1S/C15H15F3N4S/c1-9-5-10(2)13(23-8-15(16,17)18)6-11(9)22-14(19)12-7-20-3-4-21-12/h3-7H,8H2,1-2H3,(H2,19,22). The first-order valence-corrected chi connectivity index (χ1v) is 7.66. The summed E-state index contributed by atoms with van der Waals surface area (Å²) < 4.78 is 37.2. The largest absolute Gasteiger partial charge is 0.398 e. The third-order valence-electron chi connectivity index (χ3n) is 2.95. The molecule has 0 aliphatic heterocycles. The first-order valence-electron chi connectivity index (χ1n) is 6.67. The van der Waals surface area contributed by atoms with E-state index in [9.17, 15) is 13.2 Å². The third-order valence-corrected chi connectivity index (χ3v) is 4.17. The Hall–Kier alpha value is -2.09. The topological polar surface area (TPSA) is 64.2 Å². The maximum absolute atomic E-state index is 12.4. The second-order valence-corrected chi connectivity index (χ2v) is 5.91. The highest BCUT2D eigenvalue weighted by Gasteiger charge is 2.27. The minimum absolute atomic E-state index is 0.164. The highest BCUT2D eigenvalue weighted by atomic mass is 32.2. The van der Waals surface area contributed by atoms with Gasteiger partial charge in [-0.2, -0.15) is 13.2 Å². The Labute approximate surface area is 136 Å². The number of thioether (sulfide) groups is 1. The van der Waals surface area contributed by atoms with E-state index in [1.54, 1.807) is 19.1 Å². The monoisotopic (exact) mass is 340 g/mol. The second-order valence-electron chi connectivity index (χ2n) is 4.90. The number of nitrogens with two attached hydrogens (primary N) is 1. The predicted octanol–water partition coefficient (Wildman–Crippen LogP) is 3.78. The Balaban J connectivity index is 2.32. The van der Waals surface area contributed by atoms with Crippen molar-refractivity contribution in [3.05, 3.63) is 47.5 Å². The maximum atomic E-state index is 12.4. The molecule has 0 spiro atoms. The minimum Gasteiger partial charge on any atom is -0.382 e. The van der Waals surface area contributed by atoms with Crippen LogP contribution in [0.5, 0.6) is 0 Å². The highest BCUT2D eigenvalue weighted by molar-refractivity contribution is 7.99. The molecule has 2 aromatic rings. The molecule has 0 bridgehead atoms. The summed E-state index contributed by atoms with van der Waals surface area (Å²) in [5.74, 6) is -0.781. The van der Waals surface area contributed by atoms with Gasteiger partial charge >= 0.3 is 6.18 Å². The lowest BCUT2D eigenvalue weighted by Crippen LogP contribution is -2.15. The Kier molecular flexibility index (Phi) is 5.25. The second kappa shape index (κ2) is 6.99. The zero-order chi connectivity index (χ0) is 17.0.